The lowest BCUT2D eigenvalue weighted by molar-refractivity contribution is -0.138. The van der Waals surface area contributed by atoms with Gasteiger partial charge in [0.25, 0.3) is 10.0 Å². The van der Waals surface area contributed by atoms with Crippen LogP contribution in [0.15, 0.2) is 41.6 Å². The molecular weight excluding hydrogens is 526 g/mol. The SMILES string of the molecule is CCON(C1COC(=O)C1)S(=O)(=O)c1ccc(NC(C)=O)cc1O[C@H](C)Cn1cnc2ccc(Cl)nc21. The Morgan fingerprint density at radius 2 is 2.14 bits per heavy atom. The number of halogens is 1. The van der Waals surface area contributed by atoms with Crippen molar-refractivity contribution in [3.8, 4) is 5.75 Å². The van der Waals surface area contributed by atoms with E-state index in [9.17, 15) is 18.0 Å². The summed E-state index contributed by atoms with van der Waals surface area (Å²) in [6, 6.07) is 6.74. The fourth-order valence-electron chi connectivity index (χ4n) is 3.91. The second kappa shape index (κ2) is 11.0. The van der Waals surface area contributed by atoms with Crippen LogP contribution in [-0.4, -0.2) is 64.7 Å². The van der Waals surface area contributed by atoms with Crippen molar-refractivity contribution in [3.63, 3.8) is 0 Å². The van der Waals surface area contributed by atoms with Crippen LogP contribution in [0, 0.1) is 0 Å². The maximum absolute atomic E-state index is 13.7. The van der Waals surface area contributed by atoms with Gasteiger partial charge in [0.2, 0.25) is 5.91 Å². The highest BCUT2D eigenvalue weighted by Crippen LogP contribution is 2.33. The van der Waals surface area contributed by atoms with Crippen molar-refractivity contribution in [1.29, 1.82) is 0 Å². The zero-order chi connectivity index (χ0) is 26.7. The molecule has 1 amide bonds. The number of sulfonamides is 1. The average molecular weight is 552 g/mol. The third kappa shape index (κ3) is 6.01. The van der Waals surface area contributed by atoms with Crippen molar-refractivity contribution in [2.75, 3.05) is 18.5 Å². The number of nitrogens with one attached hydrogen (secondary N) is 1. The molecule has 0 aliphatic carbocycles. The zero-order valence-corrected chi connectivity index (χ0v) is 22.0. The van der Waals surface area contributed by atoms with E-state index in [0.29, 0.717) is 22.0 Å². The first-order valence-corrected chi connectivity index (χ1v) is 13.3. The van der Waals surface area contributed by atoms with Crippen LogP contribution in [0.1, 0.15) is 27.2 Å². The number of cyclic esters (lactones) is 1. The van der Waals surface area contributed by atoms with E-state index in [1.165, 1.54) is 25.1 Å². The number of pyridine rings is 1. The third-order valence-corrected chi connectivity index (χ3v) is 7.36. The van der Waals surface area contributed by atoms with Crippen LogP contribution < -0.4 is 10.1 Å². The first kappa shape index (κ1) is 26.8. The molecule has 1 aromatic carbocycles. The van der Waals surface area contributed by atoms with Crippen molar-refractivity contribution >= 4 is 50.4 Å². The van der Waals surface area contributed by atoms with Gasteiger partial charge in [-0.25, -0.2) is 18.4 Å². The number of hydrogen-bond donors (Lipinski definition) is 1. The molecule has 1 N–H and O–H groups in total. The van der Waals surface area contributed by atoms with E-state index < -0.39 is 28.1 Å². The number of carbonyl (C=O) groups excluding carboxylic acids is 2. The molecule has 198 valence electrons. The van der Waals surface area contributed by atoms with Gasteiger partial charge in [-0.15, -0.1) is 0 Å². The van der Waals surface area contributed by atoms with Gasteiger partial charge < -0.3 is 19.4 Å². The van der Waals surface area contributed by atoms with E-state index in [-0.39, 0.29) is 42.7 Å². The number of aromatic nitrogens is 3. The Morgan fingerprint density at radius 1 is 1.35 bits per heavy atom. The van der Waals surface area contributed by atoms with Crippen LogP contribution in [0.25, 0.3) is 11.2 Å². The summed E-state index contributed by atoms with van der Waals surface area (Å²) in [5, 5.41) is 2.94. The van der Waals surface area contributed by atoms with E-state index in [1.54, 1.807) is 36.9 Å². The number of rotatable bonds is 10. The summed E-state index contributed by atoms with van der Waals surface area (Å²) < 4.78 is 41.0. The maximum atomic E-state index is 13.7. The standard InChI is InChI=1S/C23H26ClN5O7S/c1-4-35-29(17-10-22(31)34-12-17)37(32,33)20-7-5-16(26-15(3)30)9-19(20)36-14(2)11-28-13-25-18-6-8-21(24)27-23(18)28/h5-9,13-14,17H,4,10-12H2,1-3H3,(H,26,30)/t14-,17?/m1/s1. The number of esters is 1. The van der Waals surface area contributed by atoms with E-state index >= 15 is 0 Å². The van der Waals surface area contributed by atoms with Gasteiger partial charge >= 0.3 is 5.97 Å². The Bertz CT molecular complexity index is 1430. The van der Waals surface area contributed by atoms with E-state index in [4.69, 9.17) is 25.9 Å². The number of imidazole rings is 1. The maximum Gasteiger partial charge on any atom is 0.307 e. The summed E-state index contributed by atoms with van der Waals surface area (Å²) >= 11 is 6.03. The largest absolute Gasteiger partial charge is 0.487 e. The zero-order valence-electron chi connectivity index (χ0n) is 20.4. The highest BCUT2D eigenvalue weighted by Gasteiger charge is 2.40. The Hall–Kier alpha value is -3.26. The molecule has 0 spiro atoms. The molecule has 1 saturated heterocycles. The molecule has 1 fully saturated rings. The molecule has 2 atom stereocenters. The second-order valence-corrected chi connectivity index (χ2v) is 10.5. The van der Waals surface area contributed by atoms with Crippen LogP contribution in [0.3, 0.4) is 0 Å². The highest BCUT2D eigenvalue weighted by molar-refractivity contribution is 7.89. The van der Waals surface area contributed by atoms with Crippen molar-refractivity contribution in [3.05, 3.63) is 41.8 Å². The summed E-state index contributed by atoms with van der Waals surface area (Å²) in [5.74, 6) is -0.860. The minimum absolute atomic E-state index is 0.0101. The highest BCUT2D eigenvalue weighted by atomic mass is 35.5. The summed E-state index contributed by atoms with van der Waals surface area (Å²) in [4.78, 5) is 37.1. The topological polar surface area (TPSA) is 142 Å². The Labute approximate surface area is 218 Å². The number of hydrogen-bond acceptors (Lipinski definition) is 9. The second-order valence-electron chi connectivity index (χ2n) is 8.36. The van der Waals surface area contributed by atoms with E-state index in [1.807, 2.05) is 0 Å². The summed E-state index contributed by atoms with van der Waals surface area (Å²) in [5.41, 5.74) is 1.54. The number of hydroxylamine groups is 1. The minimum Gasteiger partial charge on any atom is -0.487 e. The van der Waals surface area contributed by atoms with Gasteiger partial charge in [-0.1, -0.05) is 16.1 Å². The molecule has 3 aromatic rings. The molecule has 2 aromatic heterocycles. The number of nitrogens with zero attached hydrogens (tertiary/aromatic N) is 4. The number of benzene rings is 1. The van der Waals surface area contributed by atoms with Crippen LogP contribution in [0.2, 0.25) is 5.15 Å². The normalized spacial score (nSPS) is 16.7. The van der Waals surface area contributed by atoms with Gasteiger partial charge in [-0.2, -0.15) is 0 Å². The minimum atomic E-state index is -4.30. The summed E-state index contributed by atoms with van der Waals surface area (Å²) in [7, 11) is -4.30. The van der Waals surface area contributed by atoms with Gasteiger partial charge in [-0.05, 0) is 38.1 Å². The number of amides is 1. The summed E-state index contributed by atoms with van der Waals surface area (Å²) in [6.45, 7) is 4.91. The smallest absolute Gasteiger partial charge is 0.307 e. The molecule has 12 nitrogen and oxygen atoms in total. The predicted octanol–water partition coefficient (Wildman–Crippen LogP) is 2.77. The molecule has 1 aliphatic rings. The molecule has 14 heteroatoms. The van der Waals surface area contributed by atoms with E-state index in [0.717, 1.165) is 4.47 Å². The molecule has 1 aliphatic heterocycles. The molecule has 0 radical (unpaired) electrons. The molecule has 4 rings (SSSR count). The third-order valence-electron chi connectivity index (χ3n) is 5.38. The molecule has 3 heterocycles. The fraction of sp³-hybridized carbons (Fsp3) is 0.391. The van der Waals surface area contributed by atoms with Crippen LogP contribution in [0.5, 0.6) is 5.75 Å². The number of fused-ring (bicyclic) bond motifs is 1. The lowest BCUT2D eigenvalue weighted by Crippen LogP contribution is -2.41. The first-order valence-electron chi connectivity index (χ1n) is 11.5. The number of anilines is 1. The Morgan fingerprint density at radius 3 is 2.81 bits per heavy atom. The number of carbonyl (C=O) groups is 2. The van der Waals surface area contributed by atoms with E-state index in [2.05, 4.69) is 15.3 Å². The van der Waals surface area contributed by atoms with Crippen molar-refractivity contribution < 1.29 is 32.3 Å². The van der Waals surface area contributed by atoms with Crippen molar-refractivity contribution in [2.24, 2.45) is 0 Å². The van der Waals surface area contributed by atoms with Crippen LogP contribution >= 0.6 is 11.6 Å². The monoisotopic (exact) mass is 551 g/mol. The van der Waals surface area contributed by atoms with Crippen LogP contribution in [-0.2, 0) is 35.7 Å². The fourth-order valence-corrected chi connectivity index (χ4v) is 5.62. The molecule has 37 heavy (non-hydrogen) atoms. The van der Waals surface area contributed by atoms with Gasteiger partial charge in [0.1, 0.15) is 34.0 Å². The molecule has 0 saturated carbocycles. The average Bonchev–Trinajstić information content (AvgIpc) is 3.42. The Kier molecular flexibility index (Phi) is 7.97. The predicted molar refractivity (Wildman–Crippen MR) is 133 cm³/mol. The Balaban J connectivity index is 1.67. The van der Waals surface area contributed by atoms with Gasteiger partial charge in [0, 0.05) is 18.7 Å². The van der Waals surface area contributed by atoms with Crippen LogP contribution in [0.4, 0.5) is 5.69 Å². The van der Waals surface area contributed by atoms with Crippen molar-refractivity contribution in [1.82, 2.24) is 19.0 Å². The molecular formula is C23H26ClN5O7S. The van der Waals surface area contributed by atoms with Gasteiger partial charge in [0.05, 0.1) is 31.9 Å². The first-order chi connectivity index (χ1) is 17.6. The lowest BCUT2D eigenvalue weighted by Gasteiger charge is -2.26. The lowest BCUT2D eigenvalue weighted by atomic mass is 10.3. The number of ether oxygens (including phenoxy) is 2. The summed E-state index contributed by atoms with van der Waals surface area (Å²) in [6.07, 6.45) is 0.892. The molecule has 1 unspecified atom stereocenters. The molecule has 0 bridgehead atoms. The van der Waals surface area contributed by atoms with Crippen molar-refractivity contribution in [2.45, 2.75) is 50.8 Å². The van der Waals surface area contributed by atoms with Gasteiger partial charge in [0.15, 0.2) is 5.65 Å². The van der Waals surface area contributed by atoms with Gasteiger partial charge in [-0.3, -0.25) is 14.4 Å². The quantitative estimate of drug-likeness (QED) is 0.228.